The summed E-state index contributed by atoms with van der Waals surface area (Å²) in [6.45, 7) is 4.06. The quantitative estimate of drug-likeness (QED) is 0.821. The SMILES string of the molecule is Cc1nc(=O)n(CCc2cnc[nH]2)c(C)c1CCC(=O)O. The monoisotopic (exact) mass is 290 g/mol. The van der Waals surface area contributed by atoms with E-state index < -0.39 is 5.97 Å². The van der Waals surface area contributed by atoms with Gasteiger partial charge >= 0.3 is 11.7 Å². The highest BCUT2D eigenvalue weighted by atomic mass is 16.4. The molecule has 0 aliphatic rings. The number of aryl methyl sites for hydroxylation is 2. The van der Waals surface area contributed by atoms with Crippen molar-refractivity contribution in [2.45, 2.75) is 39.7 Å². The fourth-order valence-corrected chi connectivity index (χ4v) is 2.35. The second kappa shape index (κ2) is 6.34. The van der Waals surface area contributed by atoms with Crippen LogP contribution in [0.5, 0.6) is 0 Å². The Kier molecular flexibility index (Phi) is 4.52. The zero-order chi connectivity index (χ0) is 15.4. The number of nitrogens with zero attached hydrogens (tertiary/aromatic N) is 3. The molecule has 0 saturated heterocycles. The second-order valence-electron chi connectivity index (χ2n) is 4.92. The van der Waals surface area contributed by atoms with E-state index in [4.69, 9.17) is 5.11 Å². The number of carboxylic acids is 1. The summed E-state index contributed by atoms with van der Waals surface area (Å²) in [4.78, 5) is 33.7. The first-order valence-electron chi connectivity index (χ1n) is 6.75. The van der Waals surface area contributed by atoms with Crippen molar-refractivity contribution < 1.29 is 9.90 Å². The molecule has 0 amide bonds. The molecule has 0 bridgehead atoms. The highest BCUT2D eigenvalue weighted by Crippen LogP contribution is 2.12. The van der Waals surface area contributed by atoms with Gasteiger partial charge in [0, 0.05) is 42.7 Å². The number of rotatable bonds is 6. The fourth-order valence-electron chi connectivity index (χ4n) is 2.35. The first-order chi connectivity index (χ1) is 9.99. The lowest BCUT2D eigenvalue weighted by atomic mass is 10.1. The minimum absolute atomic E-state index is 0.0299. The maximum atomic E-state index is 12.0. The van der Waals surface area contributed by atoms with Crippen molar-refractivity contribution in [1.29, 1.82) is 0 Å². The minimum atomic E-state index is -0.857. The lowest BCUT2D eigenvalue weighted by molar-refractivity contribution is -0.136. The van der Waals surface area contributed by atoms with Crippen LogP contribution in [0.3, 0.4) is 0 Å². The van der Waals surface area contributed by atoms with Gasteiger partial charge in [-0.15, -0.1) is 0 Å². The molecule has 0 spiro atoms. The number of hydrogen-bond donors (Lipinski definition) is 2. The van der Waals surface area contributed by atoms with Gasteiger partial charge in [0.15, 0.2) is 0 Å². The van der Waals surface area contributed by atoms with Crippen molar-refractivity contribution in [3.8, 4) is 0 Å². The summed E-state index contributed by atoms with van der Waals surface area (Å²) in [5.74, 6) is -0.857. The van der Waals surface area contributed by atoms with Crippen molar-refractivity contribution in [2.24, 2.45) is 0 Å². The third-order valence-corrected chi connectivity index (χ3v) is 3.52. The smallest absolute Gasteiger partial charge is 0.347 e. The average molecular weight is 290 g/mol. The number of carboxylic acid groups (broad SMARTS) is 1. The van der Waals surface area contributed by atoms with Gasteiger partial charge in [0.25, 0.3) is 0 Å². The van der Waals surface area contributed by atoms with Crippen LogP contribution in [0.25, 0.3) is 0 Å². The fraction of sp³-hybridized carbons (Fsp3) is 0.429. The minimum Gasteiger partial charge on any atom is -0.481 e. The highest BCUT2D eigenvalue weighted by Gasteiger charge is 2.12. The molecule has 112 valence electrons. The van der Waals surface area contributed by atoms with E-state index in [1.165, 1.54) is 0 Å². The zero-order valence-corrected chi connectivity index (χ0v) is 12.1. The number of nitrogens with one attached hydrogen (secondary N) is 1. The second-order valence-corrected chi connectivity index (χ2v) is 4.92. The predicted octanol–water partition coefficient (Wildman–Crippen LogP) is 0.843. The number of aromatic amines is 1. The summed E-state index contributed by atoms with van der Waals surface area (Å²) in [7, 11) is 0. The molecule has 2 rings (SSSR count). The Balaban J connectivity index is 2.25. The molecule has 7 heteroatoms. The molecule has 0 saturated carbocycles. The van der Waals surface area contributed by atoms with Gasteiger partial charge in [-0.25, -0.2) is 9.78 Å². The molecule has 0 aliphatic carbocycles. The first-order valence-corrected chi connectivity index (χ1v) is 6.75. The van der Waals surface area contributed by atoms with Crippen LogP contribution in [0.1, 0.15) is 29.1 Å². The van der Waals surface area contributed by atoms with Crippen LogP contribution in [0.2, 0.25) is 0 Å². The van der Waals surface area contributed by atoms with E-state index in [0.29, 0.717) is 25.1 Å². The number of H-pyrrole nitrogens is 1. The van der Waals surface area contributed by atoms with Gasteiger partial charge in [0.05, 0.1) is 6.33 Å². The van der Waals surface area contributed by atoms with Crippen LogP contribution in [-0.4, -0.2) is 30.6 Å². The van der Waals surface area contributed by atoms with Crippen LogP contribution < -0.4 is 5.69 Å². The first kappa shape index (κ1) is 15.0. The summed E-state index contributed by atoms with van der Waals surface area (Å²) in [6.07, 6.45) is 4.36. The largest absolute Gasteiger partial charge is 0.481 e. The molecule has 0 aliphatic heterocycles. The van der Waals surface area contributed by atoms with E-state index in [1.807, 2.05) is 6.92 Å². The number of hydrogen-bond acceptors (Lipinski definition) is 4. The Morgan fingerprint density at radius 1 is 1.38 bits per heavy atom. The summed E-state index contributed by atoms with van der Waals surface area (Å²) in [5, 5.41) is 8.81. The maximum absolute atomic E-state index is 12.0. The Hall–Kier alpha value is -2.44. The topological polar surface area (TPSA) is 101 Å². The van der Waals surface area contributed by atoms with E-state index in [1.54, 1.807) is 24.0 Å². The lowest BCUT2D eigenvalue weighted by Gasteiger charge is -2.14. The van der Waals surface area contributed by atoms with Gasteiger partial charge in [-0.05, 0) is 25.8 Å². The van der Waals surface area contributed by atoms with Gasteiger partial charge in [-0.1, -0.05) is 0 Å². The molecular weight excluding hydrogens is 272 g/mol. The standard InChI is InChI=1S/C14H18N4O3/c1-9-12(3-4-13(19)20)10(2)18(14(21)17-9)6-5-11-7-15-8-16-11/h7-8H,3-6H2,1-2H3,(H,15,16)(H,19,20). The van der Waals surface area contributed by atoms with Crippen LogP contribution in [0, 0.1) is 13.8 Å². The van der Waals surface area contributed by atoms with Gasteiger partial charge < -0.3 is 10.1 Å². The van der Waals surface area contributed by atoms with Gasteiger partial charge in [-0.2, -0.15) is 4.98 Å². The van der Waals surface area contributed by atoms with Gasteiger partial charge in [0.2, 0.25) is 0 Å². The molecule has 0 aromatic carbocycles. The number of aromatic nitrogens is 4. The number of imidazole rings is 1. The summed E-state index contributed by atoms with van der Waals surface area (Å²) in [5.41, 5.74) is 2.86. The van der Waals surface area contributed by atoms with Crippen LogP contribution in [-0.2, 0) is 24.2 Å². The van der Waals surface area contributed by atoms with E-state index in [-0.39, 0.29) is 12.1 Å². The van der Waals surface area contributed by atoms with Crippen molar-refractivity contribution in [2.75, 3.05) is 0 Å². The van der Waals surface area contributed by atoms with E-state index in [2.05, 4.69) is 15.0 Å². The van der Waals surface area contributed by atoms with Crippen LogP contribution in [0.15, 0.2) is 17.3 Å². The molecule has 2 heterocycles. The molecular formula is C14H18N4O3. The summed E-state index contributed by atoms with van der Waals surface area (Å²) in [6, 6.07) is 0. The van der Waals surface area contributed by atoms with E-state index in [9.17, 15) is 9.59 Å². The van der Waals surface area contributed by atoms with Crippen molar-refractivity contribution in [3.63, 3.8) is 0 Å². The summed E-state index contributed by atoms with van der Waals surface area (Å²) < 4.78 is 1.59. The predicted molar refractivity (Wildman–Crippen MR) is 76.2 cm³/mol. The lowest BCUT2D eigenvalue weighted by Crippen LogP contribution is -2.28. The number of carbonyl (C=O) groups is 1. The summed E-state index contributed by atoms with van der Waals surface area (Å²) >= 11 is 0. The molecule has 0 radical (unpaired) electrons. The Bertz CT molecular complexity index is 689. The van der Waals surface area contributed by atoms with Crippen LogP contribution in [0.4, 0.5) is 0 Å². The molecule has 0 atom stereocenters. The molecule has 2 aromatic rings. The Morgan fingerprint density at radius 3 is 2.76 bits per heavy atom. The Morgan fingerprint density at radius 2 is 2.14 bits per heavy atom. The van der Waals surface area contributed by atoms with E-state index in [0.717, 1.165) is 17.0 Å². The average Bonchev–Trinajstić information content (AvgIpc) is 2.90. The molecule has 0 fully saturated rings. The highest BCUT2D eigenvalue weighted by molar-refractivity contribution is 5.67. The molecule has 2 N–H and O–H groups in total. The third-order valence-electron chi connectivity index (χ3n) is 3.52. The molecule has 0 unspecified atom stereocenters. The molecule has 7 nitrogen and oxygen atoms in total. The maximum Gasteiger partial charge on any atom is 0.347 e. The van der Waals surface area contributed by atoms with Crippen LogP contribution >= 0.6 is 0 Å². The van der Waals surface area contributed by atoms with Crippen molar-refractivity contribution in [1.82, 2.24) is 19.5 Å². The van der Waals surface area contributed by atoms with E-state index >= 15 is 0 Å². The third kappa shape index (κ3) is 3.56. The van der Waals surface area contributed by atoms with Gasteiger partial charge in [0.1, 0.15) is 0 Å². The van der Waals surface area contributed by atoms with Crippen molar-refractivity contribution in [3.05, 3.63) is 45.7 Å². The van der Waals surface area contributed by atoms with Crippen molar-refractivity contribution >= 4 is 5.97 Å². The molecule has 2 aromatic heterocycles. The zero-order valence-electron chi connectivity index (χ0n) is 12.1. The van der Waals surface area contributed by atoms with Gasteiger partial charge in [-0.3, -0.25) is 9.36 Å². The number of aliphatic carboxylic acids is 1. The Labute approximate surface area is 121 Å². The molecule has 21 heavy (non-hydrogen) atoms. The normalized spacial score (nSPS) is 10.8.